The molecular formula is C35H30Cl2N6O4. The zero-order chi connectivity index (χ0) is 33.3. The Bertz CT molecular complexity index is 1950. The van der Waals surface area contributed by atoms with E-state index in [4.69, 9.17) is 27.9 Å². The fourth-order valence-corrected chi connectivity index (χ4v) is 5.16. The summed E-state index contributed by atoms with van der Waals surface area (Å²) in [4.78, 5) is 51.8. The zero-order valence-electron chi connectivity index (χ0n) is 25.5. The number of amides is 3. The molecule has 0 unspecified atom stereocenters. The normalized spacial score (nSPS) is 11.0. The lowest BCUT2D eigenvalue weighted by Crippen LogP contribution is -2.37. The first-order valence-electron chi connectivity index (χ1n) is 14.5. The Morgan fingerprint density at radius 1 is 0.979 bits per heavy atom. The fraction of sp³-hybridized carbons (Fsp3) is 0.143. The van der Waals surface area contributed by atoms with Crippen LogP contribution in [0.1, 0.15) is 22.4 Å². The molecule has 47 heavy (non-hydrogen) atoms. The number of rotatable bonds is 11. The molecule has 2 N–H and O–H groups in total. The van der Waals surface area contributed by atoms with Gasteiger partial charge in [-0.15, -0.1) is 0 Å². The second-order valence-electron chi connectivity index (χ2n) is 10.5. The molecular weight excluding hydrogens is 639 g/mol. The van der Waals surface area contributed by atoms with E-state index in [0.717, 1.165) is 22.2 Å². The summed E-state index contributed by atoms with van der Waals surface area (Å²) in [7, 11) is 1.56. The number of benzene rings is 2. The predicted octanol–water partition coefficient (Wildman–Crippen LogP) is 6.19. The van der Waals surface area contributed by atoms with Crippen LogP contribution in [0.3, 0.4) is 0 Å². The number of para-hydroxylation sites is 1. The van der Waals surface area contributed by atoms with Crippen molar-refractivity contribution in [1.29, 1.82) is 0 Å². The van der Waals surface area contributed by atoms with Crippen molar-refractivity contribution in [3.05, 3.63) is 124 Å². The third-order valence-electron chi connectivity index (χ3n) is 7.10. The van der Waals surface area contributed by atoms with E-state index in [-0.39, 0.29) is 30.5 Å². The highest BCUT2D eigenvalue weighted by Gasteiger charge is 2.19. The molecule has 10 nitrogen and oxygen atoms in total. The summed E-state index contributed by atoms with van der Waals surface area (Å²) in [6.45, 7) is 1.69. The summed E-state index contributed by atoms with van der Waals surface area (Å²) in [6, 6.07) is 19.7. The maximum atomic E-state index is 13.0. The van der Waals surface area contributed by atoms with Gasteiger partial charge in [0.1, 0.15) is 23.7 Å². The van der Waals surface area contributed by atoms with E-state index in [0.29, 0.717) is 33.4 Å². The van der Waals surface area contributed by atoms with Crippen molar-refractivity contribution < 1.29 is 19.1 Å². The number of nitrogens with one attached hydrogen (secondary N) is 2. The lowest BCUT2D eigenvalue weighted by atomic mass is 10.1. The van der Waals surface area contributed by atoms with E-state index in [2.05, 4.69) is 25.6 Å². The van der Waals surface area contributed by atoms with E-state index in [1.165, 1.54) is 17.2 Å². The molecule has 0 radical (unpaired) electrons. The Kier molecular flexibility index (Phi) is 10.8. The molecule has 0 atom stereocenters. The van der Waals surface area contributed by atoms with Crippen LogP contribution in [-0.4, -0.2) is 46.3 Å². The fourth-order valence-electron chi connectivity index (χ4n) is 4.56. The van der Waals surface area contributed by atoms with E-state index in [9.17, 15) is 14.4 Å². The topological polar surface area (TPSA) is 126 Å². The zero-order valence-corrected chi connectivity index (χ0v) is 27.0. The molecule has 238 valence electrons. The Morgan fingerprint density at radius 3 is 2.55 bits per heavy atom. The number of hydrogen-bond donors (Lipinski definition) is 2. The van der Waals surface area contributed by atoms with Crippen LogP contribution in [0.25, 0.3) is 17.0 Å². The van der Waals surface area contributed by atoms with Gasteiger partial charge in [0.15, 0.2) is 0 Å². The lowest BCUT2D eigenvalue weighted by molar-refractivity contribution is -0.122. The van der Waals surface area contributed by atoms with Crippen molar-refractivity contribution >= 4 is 69.4 Å². The van der Waals surface area contributed by atoms with Gasteiger partial charge in [-0.3, -0.25) is 19.4 Å². The van der Waals surface area contributed by atoms with Gasteiger partial charge < -0.3 is 20.3 Å². The summed E-state index contributed by atoms with van der Waals surface area (Å²) < 4.78 is 6.08. The van der Waals surface area contributed by atoms with Gasteiger partial charge >= 0.3 is 0 Å². The van der Waals surface area contributed by atoms with Crippen molar-refractivity contribution in [2.24, 2.45) is 0 Å². The Labute approximate surface area is 281 Å². The monoisotopic (exact) mass is 668 g/mol. The number of carbonyl (C=O) groups excluding carboxylic acids is 3. The summed E-state index contributed by atoms with van der Waals surface area (Å²) in [5.41, 5.74) is 3.98. The highest BCUT2D eigenvalue weighted by atomic mass is 35.5. The van der Waals surface area contributed by atoms with Gasteiger partial charge in [-0.05, 0) is 72.7 Å². The van der Waals surface area contributed by atoms with Crippen LogP contribution >= 0.6 is 23.2 Å². The number of carbonyl (C=O) groups is 3. The molecule has 0 saturated carbocycles. The lowest BCUT2D eigenvalue weighted by Gasteiger charge is -2.21. The van der Waals surface area contributed by atoms with E-state index in [1.54, 1.807) is 61.9 Å². The van der Waals surface area contributed by atoms with E-state index < -0.39 is 11.8 Å². The number of hydrogen-bond acceptors (Lipinski definition) is 7. The second kappa shape index (κ2) is 15.3. The Hall–Kier alpha value is -5.32. The molecule has 0 saturated heterocycles. The smallest absolute Gasteiger partial charge is 0.246 e. The molecule has 0 aliphatic heterocycles. The quantitative estimate of drug-likeness (QED) is 0.161. The second-order valence-corrected chi connectivity index (χ2v) is 11.3. The minimum atomic E-state index is -0.475. The Balaban J connectivity index is 1.14. The predicted molar refractivity (Wildman–Crippen MR) is 184 cm³/mol. The van der Waals surface area contributed by atoms with Gasteiger partial charge in [0.05, 0.1) is 23.7 Å². The molecule has 0 aliphatic carbocycles. The number of halogens is 2. The molecule has 5 aromatic rings. The largest absolute Gasteiger partial charge is 0.487 e. The summed E-state index contributed by atoms with van der Waals surface area (Å²) in [5.74, 6) is -0.115. The first-order valence-corrected chi connectivity index (χ1v) is 15.3. The third kappa shape index (κ3) is 8.69. The molecule has 0 fully saturated rings. The van der Waals surface area contributed by atoms with E-state index in [1.807, 2.05) is 37.3 Å². The minimum Gasteiger partial charge on any atom is -0.487 e. The molecule has 0 aliphatic rings. The highest BCUT2D eigenvalue weighted by Crippen LogP contribution is 2.35. The van der Waals surface area contributed by atoms with Gasteiger partial charge in [-0.25, -0.2) is 9.97 Å². The average molecular weight is 670 g/mol. The number of likely N-dealkylation sites (N-methyl/N-ethyl adjacent to an activating group) is 1. The maximum absolute atomic E-state index is 13.0. The van der Waals surface area contributed by atoms with Crippen LogP contribution in [-0.2, 0) is 27.4 Å². The molecule has 3 amide bonds. The summed E-state index contributed by atoms with van der Waals surface area (Å²) >= 11 is 13.2. The molecule has 3 heterocycles. The van der Waals surface area contributed by atoms with Crippen LogP contribution in [0.2, 0.25) is 10.0 Å². The molecule has 0 bridgehead atoms. The van der Waals surface area contributed by atoms with Gasteiger partial charge in [0, 0.05) is 53.4 Å². The highest BCUT2D eigenvalue weighted by molar-refractivity contribution is 6.38. The maximum Gasteiger partial charge on any atom is 0.246 e. The van der Waals surface area contributed by atoms with Gasteiger partial charge in [-0.1, -0.05) is 41.4 Å². The SMILES string of the molecule is Cc1ccc2cccc(OCc3c(Cl)ccc(N(C)C(=O)CNC(=O)C=Cc4ccc(NC(=O)Cc5ccncc5)nc4)c3Cl)c2n1. The van der Waals surface area contributed by atoms with Crippen LogP contribution < -0.4 is 20.3 Å². The molecule has 5 rings (SSSR count). The van der Waals surface area contributed by atoms with Crippen LogP contribution in [0.4, 0.5) is 11.5 Å². The van der Waals surface area contributed by atoms with E-state index >= 15 is 0 Å². The number of nitrogens with zero attached hydrogens (tertiary/aromatic N) is 4. The number of anilines is 2. The molecule has 12 heteroatoms. The van der Waals surface area contributed by atoms with Gasteiger partial charge in [-0.2, -0.15) is 0 Å². The van der Waals surface area contributed by atoms with Crippen molar-refractivity contribution in [3.8, 4) is 5.75 Å². The summed E-state index contributed by atoms with van der Waals surface area (Å²) in [6.07, 6.45) is 7.81. The number of pyridine rings is 3. The van der Waals surface area contributed by atoms with Gasteiger partial charge in [0.2, 0.25) is 17.7 Å². The van der Waals surface area contributed by atoms with Crippen LogP contribution in [0, 0.1) is 6.92 Å². The third-order valence-corrected chi connectivity index (χ3v) is 7.88. The van der Waals surface area contributed by atoms with Gasteiger partial charge in [0.25, 0.3) is 0 Å². The molecule has 3 aromatic heterocycles. The standard InChI is InChI=1S/C35H30Cl2N6O4/c1-22-6-9-25-4-3-5-29(35(25)41-22)47-21-26-27(36)10-11-28(34(26)37)43(2)33(46)20-40-31(44)13-8-24-7-12-30(39-19-24)42-32(45)18-23-14-16-38-17-15-23/h3-17,19H,18,20-21H2,1-2H3,(H,40,44)(H,39,42,45). The minimum absolute atomic E-state index is 0.0532. The number of ether oxygens (including phenoxy) is 1. The summed E-state index contributed by atoms with van der Waals surface area (Å²) in [5, 5.41) is 6.89. The average Bonchev–Trinajstić information content (AvgIpc) is 3.07. The number of aromatic nitrogens is 3. The first kappa shape index (κ1) is 33.1. The van der Waals surface area contributed by atoms with Crippen molar-refractivity contribution in [1.82, 2.24) is 20.3 Å². The van der Waals surface area contributed by atoms with Crippen molar-refractivity contribution in [2.75, 3.05) is 23.8 Å². The van der Waals surface area contributed by atoms with Crippen molar-refractivity contribution in [2.45, 2.75) is 20.0 Å². The van der Waals surface area contributed by atoms with Crippen LogP contribution in [0.5, 0.6) is 5.75 Å². The van der Waals surface area contributed by atoms with Crippen molar-refractivity contribution in [3.63, 3.8) is 0 Å². The number of aryl methyl sites for hydroxylation is 1. The molecule has 0 spiro atoms. The first-order chi connectivity index (χ1) is 22.7. The van der Waals surface area contributed by atoms with Crippen LogP contribution in [0.15, 0.2) is 91.4 Å². The molecule has 2 aromatic carbocycles. The Morgan fingerprint density at radius 2 is 1.79 bits per heavy atom. The number of fused-ring (bicyclic) bond motifs is 1.